The van der Waals surface area contributed by atoms with Crippen LogP contribution in [0.25, 0.3) is 22.9 Å². The quantitative estimate of drug-likeness (QED) is 0.687. The van der Waals surface area contributed by atoms with Crippen molar-refractivity contribution in [3.63, 3.8) is 0 Å². The number of amides is 1. The van der Waals surface area contributed by atoms with E-state index in [0.29, 0.717) is 35.7 Å². The molecule has 3 aromatic rings. The number of carboxylic acid groups (broad SMARTS) is 1. The van der Waals surface area contributed by atoms with Gasteiger partial charge in [0.2, 0.25) is 11.8 Å². The van der Waals surface area contributed by atoms with E-state index in [0.717, 1.165) is 17.5 Å². The normalized spacial score (nSPS) is 18.5. The Kier molecular flexibility index (Phi) is 5.12. The lowest BCUT2D eigenvalue weighted by Gasteiger charge is -2.17. The van der Waals surface area contributed by atoms with Crippen molar-refractivity contribution in [2.24, 2.45) is 5.92 Å². The highest BCUT2D eigenvalue weighted by molar-refractivity contribution is 5.95. The summed E-state index contributed by atoms with van der Waals surface area (Å²) in [5.74, 6) is -0.849. The number of rotatable bonds is 5. The molecule has 1 heterocycles. The Morgan fingerprint density at radius 3 is 2.14 bits per heavy atom. The number of nitrogens with zero attached hydrogens (tertiary/aromatic N) is 2. The van der Waals surface area contributed by atoms with Crippen LogP contribution in [0.3, 0.4) is 0 Å². The maximum atomic E-state index is 12.5. The Morgan fingerprint density at radius 1 is 0.966 bits per heavy atom. The number of carbonyl (C=O) groups excluding carboxylic acids is 1. The second kappa shape index (κ2) is 7.87. The second-order valence-corrected chi connectivity index (χ2v) is 7.31. The molecule has 29 heavy (non-hydrogen) atoms. The number of carbonyl (C=O) groups is 2. The van der Waals surface area contributed by atoms with E-state index in [-0.39, 0.29) is 11.9 Å². The summed E-state index contributed by atoms with van der Waals surface area (Å²) in [6.45, 7) is 2.01. The molecule has 0 aliphatic heterocycles. The fraction of sp³-hybridized carbons (Fsp3) is 0.273. The predicted octanol–water partition coefficient (Wildman–Crippen LogP) is 3.70. The molecule has 0 unspecified atom stereocenters. The monoisotopic (exact) mass is 391 g/mol. The van der Waals surface area contributed by atoms with Gasteiger partial charge in [-0.1, -0.05) is 24.1 Å². The molecule has 1 saturated carbocycles. The summed E-state index contributed by atoms with van der Waals surface area (Å²) in [5.41, 5.74) is 3.16. The van der Waals surface area contributed by atoms with Gasteiger partial charge in [0.15, 0.2) is 0 Å². The Labute approximate surface area is 167 Å². The third-order valence-corrected chi connectivity index (χ3v) is 5.27. The molecule has 1 aliphatic carbocycles. The fourth-order valence-electron chi connectivity index (χ4n) is 3.60. The van der Waals surface area contributed by atoms with E-state index in [2.05, 4.69) is 15.5 Å². The third-order valence-electron chi connectivity index (χ3n) is 5.27. The van der Waals surface area contributed by atoms with Gasteiger partial charge in [-0.15, -0.1) is 10.2 Å². The molecule has 1 fully saturated rings. The van der Waals surface area contributed by atoms with Crippen molar-refractivity contribution in [2.75, 3.05) is 0 Å². The standard InChI is InChI=1S/C22H21N3O4/c1-13-5-7-15(8-6-13)20-24-25-21(29-20)16-11-9-14(10-12-16)19(26)23-18-4-2-3-17(18)22(27)28/h5-12,17-18H,2-4H2,1H3,(H,23,26)(H,27,28)/t17-,18+/m0/s1. The first-order valence-corrected chi connectivity index (χ1v) is 9.56. The summed E-state index contributed by atoms with van der Waals surface area (Å²) in [5, 5.41) is 20.3. The van der Waals surface area contributed by atoms with E-state index in [9.17, 15) is 14.7 Å². The molecule has 2 N–H and O–H groups in total. The van der Waals surface area contributed by atoms with Crippen molar-refractivity contribution in [3.8, 4) is 22.9 Å². The number of hydrogen-bond acceptors (Lipinski definition) is 5. The van der Waals surface area contributed by atoms with Gasteiger partial charge in [-0.25, -0.2) is 0 Å². The topological polar surface area (TPSA) is 105 Å². The van der Waals surface area contributed by atoms with Crippen LogP contribution in [0.5, 0.6) is 0 Å². The number of hydrogen-bond donors (Lipinski definition) is 2. The van der Waals surface area contributed by atoms with E-state index in [1.165, 1.54) is 0 Å². The molecule has 0 bridgehead atoms. The lowest BCUT2D eigenvalue weighted by Crippen LogP contribution is -2.40. The second-order valence-electron chi connectivity index (χ2n) is 7.31. The van der Waals surface area contributed by atoms with Crippen LogP contribution in [0.1, 0.15) is 35.2 Å². The summed E-state index contributed by atoms with van der Waals surface area (Å²) < 4.78 is 5.76. The molecule has 1 aromatic heterocycles. The number of carboxylic acids is 1. The number of aryl methyl sites for hydroxylation is 1. The van der Waals surface area contributed by atoms with Gasteiger partial charge in [0.25, 0.3) is 5.91 Å². The Morgan fingerprint density at radius 2 is 1.55 bits per heavy atom. The Hall–Kier alpha value is -3.48. The van der Waals surface area contributed by atoms with Crippen LogP contribution < -0.4 is 5.32 Å². The van der Waals surface area contributed by atoms with Gasteiger partial charge in [0.1, 0.15) is 0 Å². The molecule has 1 amide bonds. The van der Waals surface area contributed by atoms with Crippen molar-refractivity contribution in [1.29, 1.82) is 0 Å². The smallest absolute Gasteiger partial charge is 0.308 e. The first-order chi connectivity index (χ1) is 14.0. The van der Waals surface area contributed by atoms with Crippen molar-refractivity contribution >= 4 is 11.9 Å². The van der Waals surface area contributed by atoms with E-state index in [1.54, 1.807) is 24.3 Å². The lowest BCUT2D eigenvalue weighted by atomic mass is 10.0. The van der Waals surface area contributed by atoms with E-state index in [1.807, 2.05) is 31.2 Å². The minimum absolute atomic E-state index is 0.277. The highest BCUT2D eigenvalue weighted by Gasteiger charge is 2.34. The molecule has 0 saturated heterocycles. The van der Waals surface area contributed by atoms with Crippen LogP contribution in [-0.2, 0) is 4.79 Å². The number of nitrogens with one attached hydrogen (secondary N) is 1. The highest BCUT2D eigenvalue weighted by atomic mass is 16.4. The van der Waals surface area contributed by atoms with Crippen molar-refractivity contribution in [3.05, 3.63) is 59.7 Å². The van der Waals surface area contributed by atoms with Crippen LogP contribution in [0.2, 0.25) is 0 Å². The molecule has 0 spiro atoms. The summed E-state index contributed by atoms with van der Waals surface area (Å²) in [4.78, 5) is 23.8. The zero-order valence-electron chi connectivity index (χ0n) is 16.0. The number of benzene rings is 2. The van der Waals surface area contributed by atoms with Crippen LogP contribution in [0.15, 0.2) is 52.9 Å². The van der Waals surface area contributed by atoms with Gasteiger partial charge in [0, 0.05) is 22.7 Å². The van der Waals surface area contributed by atoms with Crippen molar-refractivity contribution in [1.82, 2.24) is 15.5 Å². The summed E-state index contributed by atoms with van der Waals surface area (Å²) in [6, 6.07) is 14.3. The molecule has 0 radical (unpaired) electrons. The molecule has 1 aliphatic rings. The maximum Gasteiger partial charge on any atom is 0.308 e. The van der Waals surface area contributed by atoms with Crippen molar-refractivity contribution in [2.45, 2.75) is 32.2 Å². The van der Waals surface area contributed by atoms with Crippen molar-refractivity contribution < 1.29 is 19.1 Å². The summed E-state index contributed by atoms with van der Waals surface area (Å²) in [6.07, 6.45) is 2.09. The van der Waals surface area contributed by atoms with E-state index < -0.39 is 11.9 Å². The zero-order chi connectivity index (χ0) is 20.4. The molecule has 7 nitrogen and oxygen atoms in total. The van der Waals surface area contributed by atoms with E-state index in [4.69, 9.17) is 4.42 Å². The average Bonchev–Trinajstić information content (AvgIpc) is 3.38. The van der Waals surface area contributed by atoms with Gasteiger partial charge in [-0.2, -0.15) is 0 Å². The lowest BCUT2D eigenvalue weighted by molar-refractivity contribution is -0.142. The Balaban J connectivity index is 1.46. The van der Waals surface area contributed by atoms with Crippen LogP contribution in [0, 0.1) is 12.8 Å². The van der Waals surface area contributed by atoms with Gasteiger partial charge < -0.3 is 14.8 Å². The SMILES string of the molecule is Cc1ccc(-c2nnc(-c3ccc(C(=O)N[C@@H]4CCC[C@@H]4C(=O)O)cc3)o2)cc1. The first-order valence-electron chi connectivity index (χ1n) is 9.56. The third kappa shape index (κ3) is 4.03. The van der Waals surface area contributed by atoms with Crippen LogP contribution in [0.4, 0.5) is 0 Å². The van der Waals surface area contributed by atoms with Gasteiger partial charge in [-0.05, 0) is 56.2 Å². The maximum absolute atomic E-state index is 12.5. The summed E-state index contributed by atoms with van der Waals surface area (Å²) >= 11 is 0. The molecule has 4 rings (SSSR count). The average molecular weight is 391 g/mol. The summed E-state index contributed by atoms with van der Waals surface area (Å²) in [7, 11) is 0. The fourth-order valence-corrected chi connectivity index (χ4v) is 3.60. The Bertz CT molecular complexity index is 1020. The van der Waals surface area contributed by atoms with Crippen LogP contribution in [-0.4, -0.2) is 33.2 Å². The van der Waals surface area contributed by atoms with Gasteiger partial charge >= 0.3 is 5.97 Å². The van der Waals surface area contributed by atoms with Crippen LogP contribution >= 0.6 is 0 Å². The predicted molar refractivity (Wildman–Crippen MR) is 106 cm³/mol. The highest BCUT2D eigenvalue weighted by Crippen LogP contribution is 2.27. The minimum Gasteiger partial charge on any atom is -0.481 e. The molecular formula is C22H21N3O4. The molecule has 7 heteroatoms. The number of aliphatic carboxylic acids is 1. The van der Waals surface area contributed by atoms with E-state index >= 15 is 0 Å². The molecule has 148 valence electrons. The molecular weight excluding hydrogens is 370 g/mol. The first kappa shape index (κ1) is 18.9. The zero-order valence-corrected chi connectivity index (χ0v) is 16.0. The number of aromatic nitrogens is 2. The van der Waals surface area contributed by atoms with Gasteiger partial charge in [0.05, 0.1) is 5.92 Å². The largest absolute Gasteiger partial charge is 0.481 e. The molecule has 2 aromatic carbocycles. The molecule has 2 atom stereocenters. The minimum atomic E-state index is -0.857. The van der Waals surface area contributed by atoms with Gasteiger partial charge in [-0.3, -0.25) is 9.59 Å².